The number of nitrogens with two attached hydrogens (primary N) is 1. The van der Waals surface area contributed by atoms with Gasteiger partial charge in [0.1, 0.15) is 18.1 Å². The van der Waals surface area contributed by atoms with Gasteiger partial charge >= 0.3 is 11.9 Å². The van der Waals surface area contributed by atoms with Gasteiger partial charge in [0.2, 0.25) is 17.7 Å². The Morgan fingerprint density at radius 1 is 1.11 bits per heavy atom. The fourth-order valence-electron chi connectivity index (χ4n) is 2.74. The monoisotopic (exact) mass is 388 g/mol. The van der Waals surface area contributed by atoms with Crippen molar-refractivity contribution in [2.75, 3.05) is 19.7 Å². The molecule has 152 valence electrons. The molecule has 3 atom stereocenters. The summed E-state index contributed by atoms with van der Waals surface area (Å²) in [5, 5.41) is 31.2. The Hall–Kier alpha value is -2.73. The fraction of sp³-hybridized carbons (Fsp3) is 0.667. The predicted molar refractivity (Wildman–Crippen MR) is 89.2 cm³/mol. The molecular weight excluding hydrogens is 364 g/mol. The van der Waals surface area contributed by atoms with Gasteiger partial charge in [-0.15, -0.1) is 0 Å². The molecule has 1 heterocycles. The van der Waals surface area contributed by atoms with Crippen LogP contribution in [0.5, 0.6) is 0 Å². The van der Waals surface area contributed by atoms with Gasteiger partial charge in [-0.2, -0.15) is 0 Å². The molecule has 3 unspecified atom stereocenters. The van der Waals surface area contributed by atoms with Crippen LogP contribution < -0.4 is 16.4 Å². The van der Waals surface area contributed by atoms with E-state index in [9.17, 15) is 24.0 Å². The van der Waals surface area contributed by atoms with E-state index in [1.807, 2.05) is 0 Å². The number of hydrogen-bond acceptors (Lipinski definition) is 7. The molecule has 7 N–H and O–H groups in total. The zero-order chi connectivity index (χ0) is 20.6. The highest BCUT2D eigenvalue weighted by Gasteiger charge is 2.38. The van der Waals surface area contributed by atoms with Crippen LogP contribution in [-0.2, 0) is 24.0 Å². The lowest BCUT2D eigenvalue weighted by atomic mass is 10.1. The number of rotatable bonds is 10. The van der Waals surface area contributed by atoms with E-state index in [1.165, 1.54) is 4.90 Å². The summed E-state index contributed by atoms with van der Waals surface area (Å²) < 4.78 is 0. The molecule has 1 saturated heterocycles. The smallest absolute Gasteiger partial charge is 0.328 e. The maximum absolute atomic E-state index is 12.7. The number of amides is 3. The Kier molecular flexibility index (Phi) is 8.62. The summed E-state index contributed by atoms with van der Waals surface area (Å²) in [6, 6.07) is -3.65. The van der Waals surface area contributed by atoms with Crippen LogP contribution >= 0.6 is 0 Å². The lowest BCUT2D eigenvalue weighted by Crippen LogP contribution is -2.56. The number of aliphatic hydroxyl groups is 1. The molecule has 1 aliphatic rings. The van der Waals surface area contributed by atoms with Crippen LogP contribution in [0.3, 0.4) is 0 Å². The van der Waals surface area contributed by atoms with Crippen LogP contribution in [0.25, 0.3) is 0 Å². The van der Waals surface area contributed by atoms with Crippen molar-refractivity contribution in [2.45, 2.75) is 43.8 Å². The minimum absolute atomic E-state index is 0.181. The number of hydrogen-bond donors (Lipinski definition) is 6. The second-order valence-electron chi connectivity index (χ2n) is 6.03. The molecular formula is C15H24N4O8. The van der Waals surface area contributed by atoms with Gasteiger partial charge in [0.25, 0.3) is 0 Å². The van der Waals surface area contributed by atoms with E-state index < -0.39 is 60.9 Å². The zero-order valence-electron chi connectivity index (χ0n) is 14.6. The number of aliphatic hydroxyl groups excluding tert-OH is 1. The molecule has 1 aliphatic heterocycles. The van der Waals surface area contributed by atoms with Crippen LogP contribution in [0.2, 0.25) is 0 Å². The number of carboxylic acids is 2. The number of carbonyl (C=O) groups is 5. The maximum Gasteiger partial charge on any atom is 0.328 e. The van der Waals surface area contributed by atoms with Crippen molar-refractivity contribution in [3.8, 4) is 0 Å². The van der Waals surface area contributed by atoms with Crippen LogP contribution in [0, 0.1) is 0 Å². The second kappa shape index (κ2) is 10.4. The highest BCUT2D eigenvalue weighted by atomic mass is 16.4. The van der Waals surface area contributed by atoms with Crippen LogP contribution in [0.15, 0.2) is 0 Å². The van der Waals surface area contributed by atoms with Gasteiger partial charge in [0, 0.05) is 13.0 Å². The minimum Gasteiger partial charge on any atom is -0.481 e. The van der Waals surface area contributed by atoms with Gasteiger partial charge < -0.3 is 36.6 Å². The summed E-state index contributed by atoms with van der Waals surface area (Å²) >= 11 is 0. The third-order valence-electron chi connectivity index (χ3n) is 4.10. The van der Waals surface area contributed by atoms with E-state index in [-0.39, 0.29) is 25.8 Å². The summed E-state index contributed by atoms with van der Waals surface area (Å²) in [7, 11) is 0. The van der Waals surface area contributed by atoms with Crippen molar-refractivity contribution in [1.82, 2.24) is 15.5 Å². The average Bonchev–Trinajstić information content (AvgIpc) is 3.11. The molecule has 3 amide bonds. The first-order chi connectivity index (χ1) is 12.7. The van der Waals surface area contributed by atoms with Gasteiger partial charge in [0.05, 0.1) is 13.2 Å². The van der Waals surface area contributed by atoms with Crippen molar-refractivity contribution in [1.29, 1.82) is 0 Å². The van der Waals surface area contributed by atoms with Gasteiger partial charge in [-0.1, -0.05) is 0 Å². The molecule has 1 rings (SSSR count). The number of nitrogens with one attached hydrogen (secondary N) is 2. The molecule has 12 heteroatoms. The molecule has 0 aromatic rings. The number of likely N-dealkylation sites (tertiary alicyclic amines) is 1. The molecule has 12 nitrogen and oxygen atoms in total. The Labute approximate surface area is 154 Å². The molecule has 0 bridgehead atoms. The molecule has 0 spiro atoms. The summed E-state index contributed by atoms with van der Waals surface area (Å²) in [5.41, 5.74) is 5.21. The van der Waals surface area contributed by atoms with Crippen molar-refractivity contribution < 1.29 is 39.3 Å². The van der Waals surface area contributed by atoms with Gasteiger partial charge in [-0.25, -0.2) is 4.79 Å². The number of carbonyl (C=O) groups excluding carboxylic acids is 3. The Morgan fingerprint density at radius 3 is 2.30 bits per heavy atom. The standard InChI is InChI=1S/C15H24N4O8/c16-6-11(21)17-8(3-4-12(22)23)14(25)19-5-1-2-10(19)13(24)18-9(7-20)15(26)27/h8-10,20H,1-7,16H2,(H,17,21)(H,18,24)(H,22,23)(H,26,27). The quantitative estimate of drug-likeness (QED) is 0.223. The van der Waals surface area contributed by atoms with Crippen LogP contribution in [0.4, 0.5) is 0 Å². The van der Waals surface area contributed by atoms with Crippen LogP contribution in [-0.4, -0.2) is 87.7 Å². The molecule has 27 heavy (non-hydrogen) atoms. The highest BCUT2D eigenvalue weighted by molar-refractivity contribution is 5.94. The van der Waals surface area contributed by atoms with E-state index in [2.05, 4.69) is 10.6 Å². The summed E-state index contributed by atoms with van der Waals surface area (Å²) in [6.45, 7) is -1.01. The third-order valence-corrected chi connectivity index (χ3v) is 4.10. The van der Waals surface area contributed by atoms with E-state index in [4.69, 9.17) is 21.1 Å². The molecule has 0 aromatic carbocycles. The summed E-state index contributed by atoms with van der Waals surface area (Å²) in [5.74, 6) is -4.62. The highest BCUT2D eigenvalue weighted by Crippen LogP contribution is 2.20. The topological polar surface area (TPSA) is 199 Å². The Bertz CT molecular complexity index is 596. The molecule has 0 radical (unpaired) electrons. The first-order valence-electron chi connectivity index (χ1n) is 8.37. The van der Waals surface area contributed by atoms with Crippen molar-refractivity contribution in [3.63, 3.8) is 0 Å². The lowest BCUT2D eigenvalue weighted by Gasteiger charge is -2.29. The second-order valence-corrected chi connectivity index (χ2v) is 6.03. The van der Waals surface area contributed by atoms with Gasteiger partial charge in [0.15, 0.2) is 0 Å². The first kappa shape index (κ1) is 22.3. The van der Waals surface area contributed by atoms with E-state index in [0.717, 1.165) is 0 Å². The van der Waals surface area contributed by atoms with Gasteiger partial charge in [-0.3, -0.25) is 19.2 Å². The molecule has 0 aliphatic carbocycles. The Balaban J connectivity index is 2.88. The maximum atomic E-state index is 12.7. The normalized spacial score (nSPS) is 18.4. The predicted octanol–water partition coefficient (Wildman–Crippen LogP) is -3.15. The molecule has 0 aromatic heterocycles. The fourth-order valence-corrected chi connectivity index (χ4v) is 2.74. The number of nitrogens with zero attached hydrogens (tertiary/aromatic N) is 1. The first-order valence-corrected chi connectivity index (χ1v) is 8.37. The zero-order valence-corrected chi connectivity index (χ0v) is 14.6. The van der Waals surface area contributed by atoms with Crippen molar-refractivity contribution >= 4 is 29.7 Å². The van der Waals surface area contributed by atoms with Crippen LogP contribution in [0.1, 0.15) is 25.7 Å². The minimum atomic E-state index is -1.50. The SMILES string of the molecule is NCC(=O)NC(CCC(=O)O)C(=O)N1CCCC1C(=O)NC(CO)C(=O)O. The van der Waals surface area contributed by atoms with Gasteiger partial charge in [-0.05, 0) is 19.3 Å². The number of aliphatic carboxylic acids is 2. The average molecular weight is 388 g/mol. The summed E-state index contributed by atoms with van der Waals surface area (Å²) in [6.07, 6.45) is 0.180. The molecule has 1 fully saturated rings. The van der Waals surface area contributed by atoms with Crippen molar-refractivity contribution in [3.05, 3.63) is 0 Å². The lowest BCUT2D eigenvalue weighted by molar-refractivity contribution is -0.145. The Morgan fingerprint density at radius 2 is 1.78 bits per heavy atom. The number of carboxylic acid groups (broad SMARTS) is 2. The summed E-state index contributed by atoms with van der Waals surface area (Å²) in [4.78, 5) is 59.5. The molecule has 0 saturated carbocycles. The van der Waals surface area contributed by atoms with E-state index in [1.54, 1.807) is 0 Å². The largest absolute Gasteiger partial charge is 0.481 e. The van der Waals surface area contributed by atoms with E-state index >= 15 is 0 Å². The third kappa shape index (κ3) is 6.49. The van der Waals surface area contributed by atoms with Crippen molar-refractivity contribution in [2.24, 2.45) is 5.73 Å². The van der Waals surface area contributed by atoms with E-state index in [0.29, 0.717) is 6.42 Å².